The van der Waals surface area contributed by atoms with E-state index in [-0.39, 0.29) is 21.8 Å². The van der Waals surface area contributed by atoms with Crippen molar-refractivity contribution in [1.82, 2.24) is 0 Å². The third-order valence-electron chi connectivity index (χ3n) is 4.73. The molecule has 3 N–H and O–H groups in total. The molecule has 3 aromatic carbocycles. The Balaban J connectivity index is 1.91. The molecule has 3 aromatic rings. The Morgan fingerprint density at radius 2 is 1.73 bits per heavy atom. The number of rotatable bonds is 3. The van der Waals surface area contributed by atoms with Crippen molar-refractivity contribution in [3.63, 3.8) is 0 Å². The van der Waals surface area contributed by atoms with Gasteiger partial charge in [-0.25, -0.2) is 17.9 Å². The van der Waals surface area contributed by atoms with Gasteiger partial charge in [-0.05, 0) is 42.0 Å². The minimum atomic E-state index is -4.02. The molecule has 0 saturated carbocycles. The highest BCUT2D eigenvalue weighted by Crippen LogP contribution is 2.40. The van der Waals surface area contributed by atoms with E-state index in [1.165, 1.54) is 41.3 Å². The molecular formula is C21H16FN3O4S. The molecule has 1 heterocycles. The summed E-state index contributed by atoms with van der Waals surface area (Å²) in [6.45, 7) is 0. The van der Waals surface area contributed by atoms with Crippen LogP contribution in [0.4, 0.5) is 15.8 Å². The summed E-state index contributed by atoms with van der Waals surface area (Å²) in [5.41, 5.74) is 0.974. The van der Waals surface area contributed by atoms with Crippen molar-refractivity contribution < 1.29 is 22.4 Å². The van der Waals surface area contributed by atoms with Crippen molar-refractivity contribution in [3.8, 4) is 0 Å². The highest BCUT2D eigenvalue weighted by Gasteiger charge is 2.39. The molecule has 1 atom stereocenters. The van der Waals surface area contributed by atoms with Gasteiger partial charge in [-0.2, -0.15) is 0 Å². The first-order valence-corrected chi connectivity index (χ1v) is 10.4. The van der Waals surface area contributed by atoms with Gasteiger partial charge in [0, 0.05) is 5.56 Å². The lowest BCUT2D eigenvalue weighted by Crippen LogP contribution is -2.45. The SMILES string of the molecule is NS(=O)(=O)c1ccc2c(c1)NC(=O)C(c1ccccc1)N2C(=O)c1cccc(F)c1. The van der Waals surface area contributed by atoms with E-state index in [2.05, 4.69) is 5.32 Å². The van der Waals surface area contributed by atoms with Gasteiger partial charge in [0.25, 0.3) is 11.8 Å². The number of sulfonamides is 1. The second-order valence-electron chi connectivity index (χ2n) is 6.71. The second-order valence-corrected chi connectivity index (χ2v) is 8.27. The molecule has 1 aliphatic rings. The van der Waals surface area contributed by atoms with Crippen molar-refractivity contribution in [1.29, 1.82) is 0 Å². The molecule has 4 rings (SSSR count). The van der Waals surface area contributed by atoms with Crippen molar-refractivity contribution in [3.05, 3.63) is 89.7 Å². The van der Waals surface area contributed by atoms with Gasteiger partial charge in [-0.3, -0.25) is 14.5 Å². The molecule has 0 radical (unpaired) electrons. The normalized spacial score (nSPS) is 16.0. The number of halogens is 1. The zero-order valence-electron chi connectivity index (χ0n) is 15.4. The van der Waals surface area contributed by atoms with E-state index < -0.39 is 33.7 Å². The lowest BCUT2D eigenvalue weighted by Gasteiger charge is -2.37. The van der Waals surface area contributed by atoms with Crippen LogP contribution in [0.25, 0.3) is 0 Å². The average molecular weight is 425 g/mol. The van der Waals surface area contributed by atoms with Gasteiger partial charge in [-0.1, -0.05) is 36.4 Å². The number of benzene rings is 3. The van der Waals surface area contributed by atoms with E-state index >= 15 is 0 Å². The first-order valence-electron chi connectivity index (χ1n) is 8.87. The van der Waals surface area contributed by atoms with Crippen molar-refractivity contribution >= 4 is 33.2 Å². The molecule has 7 nitrogen and oxygen atoms in total. The fourth-order valence-electron chi connectivity index (χ4n) is 3.38. The van der Waals surface area contributed by atoms with Crippen LogP contribution in [0, 0.1) is 5.82 Å². The first kappa shape index (κ1) is 19.7. The largest absolute Gasteiger partial charge is 0.322 e. The van der Waals surface area contributed by atoms with Crippen LogP contribution < -0.4 is 15.4 Å². The summed E-state index contributed by atoms with van der Waals surface area (Å²) in [6, 6.07) is 16.5. The molecule has 0 fully saturated rings. The summed E-state index contributed by atoms with van der Waals surface area (Å²) < 4.78 is 37.1. The number of carbonyl (C=O) groups excluding carboxylic acids is 2. The van der Waals surface area contributed by atoms with E-state index in [0.29, 0.717) is 5.56 Å². The number of amides is 2. The zero-order valence-corrected chi connectivity index (χ0v) is 16.3. The Bertz CT molecular complexity index is 1260. The zero-order chi connectivity index (χ0) is 21.5. The molecule has 152 valence electrons. The van der Waals surface area contributed by atoms with Gasteiger partial charge in [0.05, 0.1) is 16.3 Å². The summed E-state index contributed by atoms with van der Waals surface area (Å²) in [7, 11) is -4.02. The number of nitrogens with two attached hydrogens (primary N) is 1. The Morgan fingerprint density at radius 1 is 1.00 bits per heavy atom. The van der Waals surface area contributed by atoms with Gasteiger partial charge < -0.3 is 5.32 Å². The Kier molecular flexibility index (Phi) is 4.84. The van der Waals surface area contributed by atoms with Gasteiger partial charge >= 0.3 is 0 Å². The minimum Gasteiger partial charge on any atom is -0.322 e. The average Bonchev–Trinajstić information content (AvgIpc) is 2.71. The third kappa shape index (κ3) is 3.56. The van der Waals surface area contributed by atoms with Gasteiger partial charge in [-0.15, -0.1) is 0 Å². The summed E-state index contributed by atoms with van der Waals surface area (Å²) in [5, 5.41) is 7.82. The molecule has 30 heavy (non-hydrogen) atoms. The van der Waals surface area contributed by atoms with Crippen LogP contribution in [0.15, 0.2) is 77.7 Å². The summed E-state index contributed by atoms with van der Waals surface area (Å²) in [5.74, 6) is -1.74. The number of hydrogen-bond acceptors (Lipinski definition) is 4. The van der Waals surface area contributed by atoms with Crippen LogP contribution in [0.5, 0.6) is 0 Å². The fourth-order valence-corrected chi connectivity index (χ4v) is 3.92. The molecule has 9 heteroatoms. The van der Waals surface area contributed by atoms with Crippen LogP contribution in [-0.4, -0.2) is 20.2 Å². The summed E-state index contributed by atoms with van der Waals surface area (Å²) >= 11 is 0. The highest BCUT2D eigenvalue weighted by atomic mass is 32.2. The number of fused-ring (bicyclic) bond motifs is 1. The van der Waals surface area contributed by atoms with Crippen LogP contribution in [0.1, 0.15) is 22.0 Å². The van der Waals surface area contributed by atoms with Crippen molar-refractivity contribution in [2.45, 2.75) is 10.9 Å². The van der Waals surface area contributed by atoms with E-state index in [1.807, 2.05) is 0 Å². The summed E-state index contributed by atoms with van der Waals surface area (Å²) in [4.78, 5) is 27.4. The molecule has 0 aromatic heterocycles. The third-order valence-corrected chi connectivity index (χ3v) is 5.64. The van der Waals surface area contributed by atoms with E-state index in [9.17, 15) is 22.4 Å². The number of carbonyl (C=O) groups is 2. The fraction of sp³-hybridized carbons (Fsp3) is 0.0476. The van der Waals surface area contributed by atoms with Gasteiger partial charge in [0.1, 0.15) is 11.9 Å². The van der Waals surface area contributed by atoms with E-state index in [4.69, 9.17) is 5.14 Å². The smallest absolute Gasteiger partial charge is 0.259 e. The molecule has 1 unspecified atom stereocenters. The molecule has 1 aliphatic heterocycles. The first-order chi connectivity index (χ1) is 14.3. The number of primary sulfonamides is 1. The molecule has 0 aliphatic carbocycles. The van der Waals surface area contributed by atoms with E-state index in [1.54, 1.807) is 30.3 Å². The maximum Gasteiger partial charge on any atom is 0.259 e. The molecular weight excluding hydrogens is 409 g/mol. The van der Waals surface area contributed by atoms with Gasteiger partial charge in [0.15, 0.2) is 0 Å². The van der Waals surface area contributed by atoms with Gasteiger partial charge in [0.2, 0.25) is 10.0 Å². The maximum atomic E-state index is 13.7. The Morgan fingerprint density at radius 3 is 2.40 bits per heavy atom. The monoisotopic (exact) mass is 425 g/mol. The molecule has 0 bridgehead atoms. The van der Waals surface area contributed by atoms with Crippen LogP contribution in [0.2, 0.25) is 0 Å². The quantitative estimate of drug-likeness (QED) is 0.672. The van der Waals surface area contributed by atoms with Crippen molar-refractivity contribution in [2.75, 3.05) is 10.2 Å². The number of anilines is 2. The number of nitrogens with zero attached hydrogens (tertiary/aromatic N) is 1. The number of nitrogens with one attached hydrogen (secondary N) is 1. The maximum absolute atomic E-state index is 13.7. The minimum absolute atomic E-state index is 0.0482. The highest BCUT2D eigenvalue weighted by molar-refractivity contribution is 7.89. The second kappa shape index (κ2) is 7.36. The lowest BCUT2D eigenvalue weighted by atomic mass is 9.99. The van der Waals surface area contributed by atoms with Crippen molar-refractivity contribution in [2.24, 2.45) is 5.14 Å². The topological polar surface area (TPSA) is 110 Å². The Hall–Kier alpha value is -3.56. The molecule has 0 saturated heterocycles. The lowest BCUT2D eigenvalue weighted by molar-refractivity contribution is -0.117. The van der Waals surface area contributed by atoms with Crippen LogP contribution in [-0.2, 0) is 14.8 Å². The van der Waals surface area contributed by atoms with Crippen LogP contribution in [0.3, 0.4) is 0 Å². The predicted molar refractivity (Wildman–Crippen MR) is 109 cm³/mol. The summed E-state index contributed by atoms with van der Waals surface area (Å²) in [6.07, 6.45) is 0. The number of hydrogen-bond donors (Lipinski definition) is 2. The van der Waals surface area contributed by atoms with Crippen LogP contribution >= 0.6 is 0 Å². The van der Waals surface area contributed by atoms with E-state index in [0.717, 1.165) is 6.07 Å². The molecule has 0 spiro atoms. The predicted octanol–water partition coefficient (Wildman–Crippen LogP) is 2.81. The Labute approximate surface area is 172 Å². The standard InChI is InChI=1S/C21H16FN3O4S/c22-15-8-4-7-14(11-15)21(27)25-18-10-9-16(30(23,28)29)12-17(18)24-20(26)19(25)13-5-2-1-3-6-13/h1-12,19H,(H,24,26)(H2,23,28,29). The molecule has 2 amide bonds.